The Bertz CT molecular complexity index is 622. The van der Waals surface area contributed by atoms with E-state index >= 15 is 0 Å². The van der Waals surface area contributed by atoms with Crippen molar-refractivity contribution in [2.45, 2.75) is 52.5 Å². The summed E-state index contributed by atoms with van der Waals surface area (Å²) in [5.74, 6) is 2.58. The van der Waals surface area contributed by atoms with Gasteiger partial charge in [-0.05, 0) is 31.2 Å². The van der Waals surface area contributed by atoms with E-state index < -0.39 is 0 Å². The van der Waals surface area contributed by atoms with E-state index in [1.54, 1.807) is 11.3 Å². The highest BCUT2D eigenvalue weighted by molar-refractivity contribution is 7.18. The molecular formula is C16H24N4S. The van der Waals surface area contributed by atoms with Crippen molar-refractivity contribution in [1.82, 2.24) is 9.97 Å². The summed E-state index contributed by atoms with van der Waals surface area (Å²) in [7, 11) is 0. The molecule has 2 aromatic rings. The Labute approximate surface area is 130 Å². The molecule has 21 heavy (non-hydrogen) atoms. The third-order valence-electron chi connectivity index (χ3n) is 4.09. The first-order valence-electron chi connectivity index (χ1n) is 8.06. The number of nitrogens with one attached hydrogen (secondary N) is 2. The van der Waals surface area contributed by atoms with Crippen molar-refractivity contribution in [3.63, 3.8) is 0 Å². The second kappa shape index (κ2) is 6.18. The van der Waals surface area contributed by atoms with Crippen LogP contribution in [0.2, 0.25) is 0 Å². The van der Waals surface area contributed by atoms with Gasteiger partial charge in [-0.25, -0.2) is 4.98 Å². The van der Waals surface area contributed by atoms with Gasteiger partial charge < -0.3 is 10.6 Å². The third kappa shape index (κ3) is 3.12. The molecule has 0 aliphatic heterocycles. The van der Waals surface area contributed by atoms with Gasteiger partial charge in [0, 0.05) is 17.5 Å². The van der Waals surface area contributed by atoms with E-state index in [2.05, 4.69) is 42.5 Å². The lowest BCUT2D eigenvalue weighted by Crippen LogP contribution is -2.10. The second-order valence-electron chi connectivity index (χ2n) is 5.76. The van der Waals surface area contributed by atoms with Gasteiger partial charge in [-0.1, -0.05) is 27.2 Å². The molecule has 0 bridgehead atoms. The van der Waals surface area contributed by atoms with Crippen molar-refractivity contribution >= 4 is 33.3 Å². The number of hydrogen-bond acceptors (Lipinski definition) is 5. The Morgan fingerprint density at radius 3 is 2.81 bits per heavy atom. The van der Waals surface area contributed by atoms with Crippen molar-refractivity contribution in [1.29, 1.82) is 0 Å². The van der Waals surface area contributed by atoms with Gasteiger partial charge in [-0.15, -0.1) is 11.3 Å². The van der Waals surface area contributed by atoms with Gasteiger partial charge in [0.25, 0.3) is 0 Å². The first-order valence-corrected chi connectivity index (χ1v) is 8.87. The lowest BCUT2D eigenvalue weighted by atomic mass is 10.3. The largest absolute Gasteiger partial charge is 0.366 e. The summed E-state index contributed by atoms with van der Waals surface area (Å²) in [6.07, 6.45) is 4.65. The topological polar surface area (TPSA) is 49.8 Å². The van der Waals surface area contributed by atoms with E-state index in [-0.39, 0.29) is 0 Å². The predicted molar refractivity (Wildman–Crippen MR) is 91.4 cm³/mol. The maximum atomic E-state index is 4.71. The molecule has 0 spiro atoms. The Kier molecular flexibility index (Phi) is 4.29. The Morgan fingerprint density at radius 2 is 2.14 bits per heavy atom. The first-order chi connectivity index (χ1) is 10.2. The average Bonchev–Trinajstić information content (AvgIpc) is 3.11. The van der Waals surface area contributed by atoms with E-state index in [9.17, 15) is 0 Å². The summed E-state index contributed by atoms with van der Waals surface area (Å²) < 4.78 is 0. The second-order valence-corrected chi connectivity index (χ2v) is 6.88. The average molecular weight is 304 g/mol. The molecule has 1 fully saturated rings. The van der Waals surface area contributed by atoms with Crippen LogP contribution in [0.15, 0.2) is 6.07 Å². The summed E-state index contributed by atoms with van der Waals surface area (Å²) in [4.78, 5) is 11.8. The highest BCUT2D eigenvalue weighted by Gasteiger charge is 2.35. The van der Waals surface area contributed by atoms with Gasteiger partial charge in [-0.3, -0.25) is 0 Å². The molecule has 1 aliphatic rings. The van der Waals surface area contributed by atoms with Crippen molar-refractivity contribution in [3.05, 3.63) is 10.9 Å². The lowest BCUT2D eigenvalue weighted by molar-refractivity contribution is 0.773. The summed E-state index contributed by atoms with van der Waals surface area (Å²) in [6.45, 7) is 7.52. The fourth-order valence-electron chi connectivity index (χ4n) is 2.62. The van der Waals surface area contributed by atoms with Gasteiger partial charge in [0.15, 0.2) is 0 Å². The quantitative estimate of drug-likeness (QED) is 0.801. The van der Waals surface area contributed by atoms with Crippen LogP contribution < -0.4 is 10.6 Å². The van der Waals surface area contributed by atoms with Crippen LogP contribution in [-0.2, 0) is 6.42 Å². The zero-order valence-electron chi connectivity index (χ0n) is 13.1. The molecule has 4 nitrogen and oxygen atoms in total. The minimum atomic E-state index is 0.595. The smallest absolute Gasteiger partial charge is 0.226 e. The molecule has 0 saturated heterocycles. The number of anilines is 2. The third-order valence-corrected chi connectivity index (χ3v) is 5.27. The summed E-state index contributed by atoms with van der Waals surface area (Å²) in [6, 6.07) is 2.84. The fraction of sp³-hybridized carbons (Fsp3) is 0.625. The van der Waals surface area contributed by atoms with Crippen molar-refractivity contribution < 1.29 is 0 Å². The van der Waals surface area contributed by atoms with Crippen molar-refractivity contribution in [3.8, 4) is 0 Å². The van der Waals surface area contributed by atoms with Crippen LogP contribution in [0.25, 0.3) is 10.2 Å². The molecule has 5 heteroatoms. The van der Waals surface area contributed by atoms with Crippen LogP contribution in [0.3, 0.4) is 0 Å². The highest BCUT2D eigenvalue weighted by atomic mass is 32.1. The molecule has 2 aromatic heterocycles. The van der Waals surface area contributed by atoms with Crippen molar-refractivity contribution in [2.75, 3.05) is 17.2 Å². The molecular weight excluding hydrogens is 280 g/mol. The van der Waals surface area contributed by atoms with Crippen LogP contribution in [0.1, 0.15) is 44.9 Å². The number of fused-ring (bicyclic) bond motifs is 1. The summed E-state index contributed by atoms with van der Waals surface area (Å²) in [5, 5.41) is 8.13. The zero-order valence-corrected chi connectivity index (χ0v) is 13.9. The van der Waals surface area contributed by atoms with Gasteiger partial charge in [0.05, 0.1) is 5.39 Å². The van der Waals surface area contributed by atoms with Crippen molar-refractivity contribution in [2.24, 2.45) is 5.92 Å². The number of thiophene rings is 1. The zero-order chi connectivity index (χ0) is 14.8. The molecule has 2 unspecified atom stereocenters. The number of hydrogen-bond donors (Lipinski definition) is 2. The molecule has 0 radical (unpaired) electrons. The number of nitrogens with zero attached hydrogens (tertiary/aromatic N) is 2. The molecule has 1 aliphatic carbocycles. The van der Waals surface area contributed by atoms with Crippen LogP contribution in [0.4, 0.5) is 11.8 Å². The molecule has 2 N–H and O–H groups in total. The van der Waals surface area contributed by atoms with Crippen LogP contribution in [-0.4, -0.2) is 22.6 Å². The van der Waals surface area contributed by atoms with Gasteiger partial charge in [-0.2, -0.15) is 4.98 Å². The number of rotatable bonds is 7. The Balaban J connectivity index is 1.91. The predicted octanol–water partition coefficient (Wildman–Crippen LogP) is 4.29. The monoisotopic (exact) mass is 304 g/mol. The van der Waals surface area contributed by atoms with Crippen LogP contribution in [0, 0.1) is 5.92 Å². The van der Waals surface area contributed by atoms with Crippen LogP contribution in [0.5, 0.6) is 0 Å². The van der Waals surface area contributed by atoms with E-state index in [4.69, 9.17) is 4.98 Å². The maximum Gasteiger partial charge on any atom is 0.226 e. The van der Waals surface area contributed by atoms with E-state index in [1.807, 2.05) is 0 Å². The molecule has 114 valence electrons. The minimum Gasteiger partial charge on any atom is -0.366 e. The SMILES string of the molecule is CCCNc1nc(NC2CC2CC)c2cc(CC)sc2n1. The highest BCUT2D eigenvalue weighted by Crippen LogP contribution is 2.38. The molecule has 2 heterocycles. The van der Waals surface area contributed by atoms with E-state index in [0.29, 0.717) is 6.04 Å². The van der Waals surface area contributed by atoms with Gasteiger partial charge in [0.2, 0.25) is 5.95 Å². The Morgan fingerprint density at radius 1 is 1.29 bits per heavy atom. The van der Waals surface area contributed by atoms with E-state index in [1.165, 1.54) is 23.1 Å². The van der Waals surface area contributed by atoms with Crippen LogP contribution >= 0.6 is 11.3 Å². The molecule has 0 aromatic carbocycles. The fourth-order valence-corrected chi connectivity index (χ4v) is 3.59. The van der Waals surface area contributed by atoms with Gasteiger partial charge in [0.1, 0.15) is 10.6 Å². The number of aromatic nitrogens is 2. The summed E-state index contributed by atoms with van der Waals surface area (Å²) >= 11 is 1.78. The maximum absolute atomic E-state index is 4.71. The molecule has 3 rings (SSSR count). The molecule has 2 atom stereocenters. The standard InChI is InChI=1S/C16H24N4S/c1-4-7-17-16-19-14(18-13-8-10(13)5-2)12-9-11(6-3)21-15(12)20-16/h9-10,13H,4-8H2,1-3H3,(H2,17,18,19,20). The molecule has 1 saturated carbocycles. The normalized spacial score (nSPS) is 20.7. The molecule has 0 amide bonds. The first kappa shape index (κ1) is 14.6. The number of aryl methyl sites for hydroxylation is 1. The van der Waals surface area contributed by atoms with Gasteiger partial charge >= 0.3 is 0 Å². The lowest BCUT2D eigenvalue weighted by Gasteiger charge is -2.09. The minimum absolute atomic E-state index is 0.595. The van der Waals surface area contributed by atoms with E-state index in [0.717, 1.165) is 41.9 Å². The Hall–Kier alpha value is -1.36. The summed E-state index contributed by atoms with van der Waals surface area (Å²) in [5.41, 5.74) is 0.